The van der Waals surface area contributed by atoms with Crippen molar-refractivity contribution in [3.63, 3.8) is 0 Å². The molecule has 1 N–H and O–H groups in total. The van der Waals surface area contributed by atoms with Crippen LogP contribution in [0, 0.1) is 4.77 Å². The first-order chi connectivity index (χ1) is 14.2. The third-order valence-electron chi connectivity index (χ3n) is 5.21. The van der Waals surface area contributed by atoms with Gasteiger partial charge in [0.05, 0.1) is 16.3 Å². The number of aliphatic imine (C=N–C) groups is 1. The summed E-state index contributed by atoms with van der Waals surface area (Å²) in [4.78, 5) is 17.5. The van der Waals surface area contributed by atoms with Crippen molar-refractivity contribution >= 4 is 33.6 Å². The summed E-state index contributed by atoms with van der Waals surface area (Å²) in [5.41, 5.74) is 0.305. The highest BCUT2D eigenvalue weighted by Gasteiger charge is 2.27. The molecule has 1 aliphatic rings. The maximum atomic E-state index is 12.9. The fourth-order valence-corrected chi connectivity index (χ4v) is 5.59. The van der Waals surface area contributed by atoms with Crippen LogP contribution in [0.3, 0.4) is 0 Å². The zero-order valence-electron chi connectivity index (χ0n) is 17.3. The molecule has 1 aliphatic heterocycles. The van der Waals surface area contributed by atoms with E-state index in [9.17, 15) is 18.3 Å². The molecule has 0 bridgehead atoms. The molecule has 0 saturated carbocycles. The van der Waals surface area contributed by atoms with Crippen molar-refractivity contribution in [3.05, 3.63) is 45.0 Å². The van der Waals surface area contributed by atoms with Gasteiger partial charge in [-0.1, -0.05) is 6.07 Å². The molecule has 0 spiro atoms. The molecule has 2 aromatic rings. The Kier molecular flexibility index (Phi) is 6.59. The van der Waals surface area contributed by atoms with Crippen LogP contribution >= 0.6 is 12.2 Å². The minimum absolute atomic E-state index is 0.0557. The van der Waals surface area contributed by atoms with Gasteiger partial charge in [0.1, 0.15) is 5.56 Å². The van der Waals surface area contributed by atoms with Crippen LogP contribution < -0.4 is 5.56 Å². The average molecular weight is 451 g/mol. The van der Waals surface area contributed by atoms with Gasteiger partial charge in [-0.15, -0.1) is 0 Å². The Labute approximate surface area is 181 Å². The summed E-state index contributed by atoms with van der Waals surface area (Å²) >= 11 is 5.31. The minimum Gasteiger partial charge on any atom is -0.494 e. The van der Waals surface area contributed by atoms with Gasteiger partial charge in [-0.2, -0.15) is 4.31 Å². The van der Waals surface area contributed by atoms with E-state index < -0.39 is 15.6 Å². The van der Waals surface area contributed by atoms with E-state index >= 15 is 0 Å². The van der Waals surface area contributed by atoms with Crippen molar-refractivity contribution in [2.24, 2.45) is 4.99 Å². The number of hydrogen-bond acceptors (Lipinski definition) is 6. The Morgan fingerprint density at radius 2 is 1.80 bits per heavy atom. The molecule has 0 aliphatic carbocycles. The van der Waals surface area contributed by atoms with E-state index in [1.165, 1.54) is 19.5 Å². The van der Waals surface area contributed by atoms with E-state index in [1.807, 2.05) is 6.92 Å². The Balaban J connectivity index is 2.09. The number of hydrogen-bond donors (Lipinski definition) is 1. The monoisotopic (exact) mass is 450 g/mol. The van der Waals surface area contributed by atoms with E-state index in [1.54, 1.807) is 32.0 Å². The fourth-order valence-electron chi connectivity index (χ4n) is 3.61. The van der Waals surface area contributed by atoms with E-state index in [-0.39, 0.29) is 26.8 Å². The van der Waals surface area contributed by atoms with Gasteiger partial charge in [-0.25, -0.2) is 8.42 Å². The SMILES string of the molecule is CCn1c(O)c(C(C)=Nc2cccc(S(=O)(=O)N3CCCC3)c2)c(=O)n(CC)c1=S. The zero-order chi connectivity index (χ0) is 22.1. The first-order valence-corrected chi connectivity index (χ1v) is 11.8. The molecule has 0 radical (unpaired) electrons. The Bertz CT molecular complexity index is 1210. The summed E-state index contributed by atoms with van der Waals surface area (Å²) in [6.07, 6.45) is 1.71. The quantitative estimate of drug-likeness (QED) is 0.539. The molecule has 30 heavy (non-hydrogen) atoms. The number of aromatic nitrogens is 2. The van der Waals surface area contributed by atoms with Crippen LogP contribution in [-0.2, 0) is 23.1 Å². The standard InChI is InChI=1S/C20H26N4O4S2/c1-4-23-18(25)17(19(26)24(5-2)20(23)29)14(3)21-15-9-8-10-16(13-15)30(27,28)22-11-6-7-12-22/h8-10,13,25H,4-7,11-12H2,1-3H3. The predicted molar refractivity (Wildman–Crippen MR) is 119 cm³/mol. The van der Waals surface area contributed by atoms with Gasteiger partial charge in [0.25, 0.3) is 5.56 Å². The third kappa shape index (κ3) is 3.99. The largest absolute Gasteiger partial charge is 0.494 e. The topological polar surface area (TPSA) is 96.9 Å². The van der Waals surface area contributed by atoms with Gasteiger partial charge in [-0.05, 0) is 64.0 Å². The lowest BCUT2D eigenvalue weighted by Crippen LogP contribution is -2.30. The molecule has 3 rings (SSSR count). The van der Waals surface area contributed by atoms with Gasteiger partial charge in [0, 0.05) is 26.2 Å². The van der Waals surface area contributed by atoms with Crippen molar-refractivity contribution < 1.29 is 13.5 Å². The van der Waals surface area contributed by atoms with E-state index in [2.05, 4.69) is 4.99 Å². The number of rotatable bonds is 6. The van der Waals surface area contributed by atoms with Crippen molar-refractivity contribution in [2.45, 2.75) is 51.6 Å². The molecule has 1 aromatic carbocycles. The highest BCUT2D eigenvalue weighted by molar-refractivity contribution is 7.89. The van der Waals surface area contributed by atoms with Crippen LogP contribution in [0.25, 0.3) is 0 Å². The zero-order valence-corrected chi connectivity index (χ0v) is 19.0. The van der Waals surface area contributed by atoms with Crippen LogP contribution in [0.4, 0.5) is 5.69 Å². The molecular weight excluding hydrogens is 424 g/mol. The van der Waals surface area contributed by atoms with Gasteiger partial charge in [0.2, 0.25) is 15.9 Å². The van der Waals surface area contributed by atoms with Gasteiger partial charge < -0.3 is 5.11 Å². The number of benzene rings is 1. The summed E-state index contributed by atoms with van der Waals surface area (Å²) < 4.78 is 30.2. The highest BCUT2D eigenvalue weighted by atomic mass is 32.2. The Hall–Kier alpha value is -2.30. The molecule has 10 heteroatoms. The fraction of sp³-hybridized carbons (Fsp3) is 0.450. The first-order valence-electron chi connectivity index (χ1n) is 9.94. The minimum atomic E-state index is -3.57. The van der Waals surface area contributed by atoms with Crippen molar-refractivity contribution in [1.29, 1.82) is 0 Å². The normalized spacial score (nSPS) is 15.6. The maximum absolute atomic E-state index is 12.9. The third-order valence-corrected chi connectivity index (χ3v) is 7.55. The molecule has 0 amide bonds. The smallest absolute Gasteiger partial charge is 0.267 e. The second kappa shape index (κ2) is 8.83. The molecular formula is C20H26N4O4S2. The Morgan fingerprint density at radius 1 is 1.17 bits per heavy atom. The summed E-state index contributed by atoms with van der Waals surface area (Å²) in [6.45, 7) is 7.03. The predicted octanol–water partition coefficient (Wildman–Crippen LogP) is 3.05. The van der Waals surface area contributed by atoms with Crippen LogP contribution in [0.5, 0.6) is 5.88 Å². The number of sulfonamides is 1. The molecule has 2 heterocycles. The van der Waals surface area contributed by atoms with Crippen LogP contribution in [0.15, 0.2) is 38.9 Å². The van der Waals surface area contributed by atoms with E-state index in [0.29, 0.717) is 31.9 Å². The number of aromatic hydroxyl groups is 1. The first kappa shape index (κ1) is 22.4. The second-order valence-corrected chi connectivity index (χ2v) is 9.38. The van der Waals surface area contributed by atoms with Gasteiger partial charge >= 0.3 is 0 Å². The van der Waals surface area contributed by atoms with Crippen molar-refractivity contribution in [1.82, 2.24) is 13.4 Å². The molecule has 1 aromatic heterocycles. The van der Waals surface area contributed by atoms with E-state index in [0.717, 1.165) is 12.8 Å². The molecule has 0 atom stereocenters. The summed E-state index contributed by atoms with van der Waals surface area (Å²) in [5, 5.41) is 10.6. The molecule has 1 fully saturated rings. The molecule has 1 saturated heterocycles. The number of nitrogens with zero attached hydrogens (tertiary/aromatic N) is 4. The van der Waals surface area contributed by atoms with Crippen LogP contribution in [-0.4, -0.2) is 45.8 Å². The van der Waals surface area contributed by atoms with Crippen molar-refractivity contribution in [2.75, 3.05) is 13.1 Å². The summed E-state index contributed by atoms with van der Waals surface area (Å²) in [5.74, 6) is -0.237. The van der Waals surface area contributed by atoms with E-state index in [4.69, 9.17) is 12.2 Å². The van der Waals surface area contributed by atoms with Gasteiger partial charge in [0.15, 0.2) is 4.77 Å². The van der Waals surface area contributed by atoms with Gasteiger partial charge in [-0.3, -0.25) is 18.9 Å². The van der Waals surface area contributed by atoms with Crippen LogP contribution in [0.1, 0.15) is 39.2 Å². The molecule has 0 unspecified atom stereocenters. The lowest BCUT2D eigenvalue weighted by Gasteiger charge is -2.16. The Morgan fingerprint density at radius 3 is 2.40 bits per heavy atom. The molecule has 8 nitrogen and oxygen atoms in total. The molecule has 162 valence electrons. The lowest BCUT2D eigenvalue weighted by atomic mass is 10.2. The van der Waals surface area contributed by atoms with Crippen molar-refractivity contribution in [3.8, 4) is 5.88 Å². The summed E-state index contributed by atoms with van der Waals surface area (Å²) in [6, 6.07) is 6.32. The second-order valence-electron chi connectivity index (χ2n) is 7.08. The summed E-state index contributed by atoms with van der Waals surface area (Å²) in [7, 11) is -3.57. The highest BCUT2D eigenvalue weighted by Crippen LogP contribution is 2.25. The average Bonchev–Trinajstić information content (AvgIpc) is 3.24. The van der Waals surface area contributed by atoms with Crippen LogP contribution in [0.2, 0.25) is 0 Å². The maximum Gasteiger partial charge on any atom is 0.267 e. The lowest BCUT2D eigenvalue weighted by molar-refractivity contribution is 0.399.